The van der Waals surface area contributed by atoms with Crippen molar-refractivity contribution >= 4 is 28.8 Å². The summed E-state index contributed by atoms with van der Waals surface area (Å²) in [5, 5.41) is 2.92. The molecule has 0 unspecified atom stereocenters. The van der Waals surface area contributed by atoms with Gasteiger partial charge in [0.05, 0.1) is 0 Å². The van der Waals surface area contributed by atoms with Crippen molar-refractivity contribution < 1.29 is 9.21 Å². The highest BCUT2D eigenvalue weighted by Gasteiger charge is 2.27. The second-order valence-corrected chi connectivity index (χ2v) is 6.38. The number of benzene rings is 1. The van der Waals surface area contributed by atoms with Crippen molar-refractivity contribution in [3.63, 3.8) is 0 Å². The summed E-state index contributed by atoms with van der Waals surface area (Å²) in [6.45, 7) is 3.42. The number of carbonyl (C=O) groups is 1. The summed E-state index contributed by atoms with van der Waals surface area (Å²) in [5.41, 5.74) is 2.55. The van der Waals surface area contributed by atoms with Crippen molar-refractivity contribution in [3.8, 4) is 0 Å². The van der Waals surface area contributed by atoms with E-state index in [1.54, 1.807) is 0 Å². The number of carbonyl (C=O) groups excluding carboxylic acids is 1. The number of para-hydroxylation sites is 2. The third-order valence-electron chi connectivity index (χ3n) is 4.56. The Morgan fingerprint density at radius 1 is 1.12 bits per heavy atom. The highest BCUT2D eigenvalue weighted by molar-refractivity contribution is 5.91. The Morgan fingerprint density at radius 2 is 1.92 bits per heavy atom. The maximum Gasteiger partial charge on any atom is 0.298 e. The number of aryl methyl sites for hydroxylation is 1. The first kappa shape index (κ1) is 15.6. The number of aromatic nitrogens is 2. The molecule has 25 heavy (non-hydrogen) atoms. The predicted molar refractivity (Wildman–Crippen MR) is 96.5 cm³/mol. The van der Waals surface area contributed by atoms with Gasteiger partial charge in [-0.2, -0.15) is 4.98 Å². The molecule has 6 nitrogen and oxygen atoms in total. The number of pyridine rings is 1. The number of anilines is 2. The number of rotatable bonds is 3. The van der Waals surface area contributed by atoms with Crippen LogP contribution in [0.2, 0.25) is 0 Å². The van der Waals surface area contributed by atoms with E-state index in [9.17, 15) is 4.79 Å². The van der Waals surface area contributed by atoms with Crippen LogP contribution < -0.4 is 10.2 Å². The molecule has 0 aliphatic carbocycles. The number of fused-ring (bicyclic) bond motifs is 1. The Hall–Kier alpha value is -2.89. The number of amides is 1. The lowest BCUT2D eigenvalue weighted by Crippen LogP contribution is -2.38. The molecule has 1 N–H and O–H groups in total. The van der Waals surface area contributed by atoms with E-state index in [0.29, 0.717) is 11.8 Å². The molecule has 0 spiro atoms. The summed E-state index contributed by atoms with van der Waals surface area (Å²) >= 11 is 0. The molecule has 0 bridgehead atoms. The Morgan fingerprint density at radius 3 is 2.68 bits per heavy atom. The summed E-state index contributed by atoms with van der Waals surface area (Å²) < 4.78 is 5.82. The fraction of sp³-hybridized carbons (Fsp3) is 0.316. The molecule has 1 aliphatic rings. The summed E-state index contributed by atoms with van der Waals surface area (Å²) in [6.07, 6.45) is 1.55. The number of nitrogens with zero attached hydrogens (tertiary/aromatic N) is 3. The van der Waals surface area contributed by atoms with Gasteiger partial charge in [0.2, 0.25) is 5.91 Å². The van der Waals surface area contributed by atoms with Crippen LogP contribution in [0.15, 0.2) is 46.9 Å². The lowest BCUT2D eigenvalue weighted by Gasteiger charge is -2.30. The number of piperidine rings is 1. The van der Waals surface area contributed by atoms with E-state index >= 15 is 0 Å². The molecule has 1 aliphatic heterocycles. The Balaban J connectivity index is 1.38. The molecule has 1 amide bonds. The molecule has 0 saturated carbocycles. The molecular formula is C19H20N4O2. The molecule has 0 radical (unpaired) electrons. The van der Waals surface area contributed by atoms with Crippen molar-refractivity contribution in [3.05, 3.63) is 48.2 Å². The molecule has 1 fully saturated rings. The maximum atomic E-state index is 12.5. The van der Waals surface area contributed by atoms with Crippen LogP contribution in [0.4, 0.5) is 11.8 Å². The van der Waals surface area contributed by atoms with Gasteiger partial charge in [-0.15, -0.1) is 0 Å². The zero-order valence-electron chi connectivity index (χ0n) is 14.1. The van der Waals surface area contributed by atoms with Gasteiger partial charge in [-0.25, -0.2) is 4.98 Å². The third kappa shape index (κ3) is 3.33. The van der Waals surface area contributed by atoms with Crippen LogP contribution in [0.3, 0.4) is 0 Å². The van der Waals surface area contributed by atoms with Crippen molar-refractivity contribution in [2.45, 2.75) is 19.8 Å². The summed E-state index contributed by atoms with van der Waals surface area (Å²) in [6, 6.07) is 14.0. The molecule has 4 rings (SSSR count). The van der Waals surface area contributed by atoms with Crippen LogP contribution in [0.1, 0.15) is 18.5 Å². The van der Waals surface area contributed by atoms with Crippen LogP contribution in [0, 0.1) is 12.8 Å². The van der Waals surface area contributed by atoms with Crippen LogP contribution in [-0.4, -0.2) is 29.0 Å². The van der Waals surface area contributed by atoms with Gasteiger partial charge >= 0.3 is 0 Å². The van der Waals surface area contributed by atoms with Crippen LogP contribution in [0.5, 0.6) is 0 Å². The van der Waals surface area contributed by atoms with Gasteiger partial charge in [-0.05, 0) is 44.0 Å². The third-order valence-corrected chi connectivity index (χ3v) is 4.56. The highest BCUT2D eigenvalue weighted by Crippen LogP contribution is 2.26. The molecular weight excluding hydrogens is 316 g/mol. The zero-order chi connectivity index (χ0) is 17.2. The van der Waals surface area contributed by atoms with E-state index in [0.717, 1.165) is 42.7 Å². The van der Waals surface area contributed by atoms with E-state index in [-0.39, 0.29) is 11.8 Å². The minimum absolute atomic E-state index is 0.0112. The molecule has 128 valence electrons. The van der Waals surface area contributed by atoms with Gasteiger partial charge < -0.3 is 14.6 Å². The fourth-order valence-corrected chi connectivity index (χ4v) is 3.17. The van der Waals surface area contributed by atoms with E-state index in [1.807, 2.05) is 49.4 Å². The second kappa shape index (κ2) is 6.55. The van der Waals surface area contributed by atoms with Crippen LogP contribution >= 0.6 is 0 Å². The molecule has 2 aromatic heterocycles. The Kier molecular flexibility index (Phi) is 4.09. The van der Waals surface area contributed by atoms with Crippen LogP contribution in [0.25, 0.3) is 11.1 Å². The second-order valence-electron chi connectivity index (χ2n) is 6.38. The zero-order valence-corrected chi connectivity index (χ0v) is 14.1. The Labute approximate surface area is 145 Å². The van der Waals surface area contributed by atoms with E-state index in [2.05, 4.69) is 20.2 Å². The van der Waals surface area contributed by atoms with Gasteiger partial charge in [0.15, 0.2) is 5.58 Å². The summed E-state index contributed by atoms with van der Waals surface area (Å²) in [7, 11) is 0. The number of oxazole rings is 1. The SMILES string of the molecule is Cc1cccc(NC(=O)C2CCN(c3nc4ccccc4o3)CC2)n1. The topological polar surface area (TPSA) is 71.3 Å². The molecule has 3 heterocycles. The van der Waals surface area contributed by atoms with Crippen molar-refractivity contribution in [1.29, 1.82) is 0 Å². The number of nitrogens with one attached hydrogen (secondary N) is 1. The number of hydrogen-bond donors (Lipinski definition) is 1. The van der Waals surface area contributed by atoms with E-state index < -0.39 is 0 Å². The minimum Gasteiger partial charge on any atom is -0.423 e. The molecule has 1 saturated heterocycles. The van der Waals surface area contributed by atoms with Gasteiger partial charge in [0.25, 0.3) is 6.01 Å². The molecule has 6 heteroatoms. The van der Waals surface area contributed by atoms with Crippen LogP contribution in [-0.2, 0) is 4.79 Å². The summed E-state index contributed by atoms with van der Waals surface area (Å²) in [4.78, 5) is 23.4. The smallest absolute Gasteiger partial charge is 0.298 e. The van der Waals surface area contributed by atoms with Crippen molar-refractivity contribution in [2.75, 3.05) is 23.3 Å². The van der Waals surface area contributed by atoms with Gasteiger partial charge in [0.1, 0.15) is 11.3 Å². The number of hydrogen-bond acceptors (Lipinski definition) is 5. The maximum absolute atomic E-state index is 12.5. The van der Waals surface area contributed by atoms with E-state index in [4.69, 9.17) is 4.42 Å². The molecule has 1 aromatic carbocycles. The average molecular weight is 336 g/mol. The van der Waals surface area contributed by atoms with Crippen molar-refractivity contribution in [1.82, 2.24) is 9.97 Å². The van der Waals surface area contributed by atoms with E-state index in [1.165, 1.54) is 0 Å². The van der Waals surface area contributed by atoms with Gasteiger partial charge in [-0.1, -0.05) is 18.2 Å². The predicted octanol–water partition coefficient (Wildman–Crippen LogP) is 3.39. The first-order chi connectivity index (χ1) is 12.2. The fourth-order valence-electron chi connectivity index (χ4n) is 3.17. The minimum atomic E-state index is -0.0112. The van der Waals surface area contributed by atoms with Gasteiger partial charge in [0, 0.05) is 24.7 Å². The first-order valence-corrected chi connectivity index (χ1v) is 8.54. The standard InChI is InChI=1S/C19H20N4O2/c1-13-5-4-8-17(20-13)22-18(24)14-9-11-23(12-10-14)19-21-15-6-2-3-7-16(15)25-19/h2-8,14H,9-12H2,1H3,(H,20,22,24). The largest absolute Gasteiger partial charge is 0.423 e. The van der Waals surface area contributed by atoms with Crippen molar-refractivity contribution in [2.24, 2.45) is 5.92 Å². The normalized spacial score (nSPS) is 15.5. The Bertz CT molecular complexity index is 864. The first-order valence-electron chi connectivity index (χ1n) is 8.54. The monoisotopic (exact) mass is 336 g/mol. The quantitative estimate of drug-likeness (QED) is 0.794. The van der Waals surface area contributed by atoms with Gasteiger partial charge in [-0.3, -0.25) is 4.79 Å². The molecule has 0 atom stereocenters. The summed E-state index contributed by atoms with van der Waals surface area (Å²) in [5.74, 6) is 0.643. The molecule has 3 aromatic rings. The lowest BCUT2D eigenvalue weighted by molar-refractivity contribution is -0.120. The lowest BCUT2D eigenvalue weighted by atomic mass is 9.96. The average Bonchev–Trinajstić information content (AvgIpc) is 3.06. The highest BCUT2D eigenvalue weighted by atomic mass is 16.4.